The fourth-order valence-electron chi connectivity index (χ4n) is 1.13. The number of aromatic nitrogens is 2. The number of hydrogen-bond donors (Lipinski definition) is 3. The second-order valence-electron chi connectivity index (χ2n) is 2.95. The molecule has 15 heavy (non-hydrogen) atoms. The molecule has 4 nitrogen and oxygen atoms in total. The van der Waals surface area contributed by atoms with E-state index in [1.807, 2.05) is 0 Å². The summed E-state index contributed by atoms with van der Waals surface area (Å²) in [6.07, 6.45) is 1.45. The van der Waals surface area contributed by atoms with Gasteiger partial charge in [-0.3, -0.25) is 5.10 Å². The van der Waals surface area contributed by atoms with Gasteiger partial charge in [0.05, 0.1) is 6.20 Å². The van der Waals surface area contributed by atoms with E-state index in [1.54, 1.807) is 0 Å². The lowest BCUT2D eigenvalue weighted by molar-refractivity contribution is 0.509. The number of nitrogens with zero attached hydrogens (tertiary/aromatic N) is 1. The summed E-state index contributed by atoms with van der Waals surface area (Å²) in [7, 11) is 0. The number of anilines is 3. The van der Waals surface area contributed by atoms with Crippen LogP contribution < -0.4 is 11.1 Å². The van der Waals surface area contributed by atoms with Gasteiger partial charge in [-0.15, -0.1) is 0 Å². The van der Waals surface area contributed by atoms with Gasteiger partial charge in [-0.25, -0.2) is 8.78 Å². The Bertz CT molecular complexity index is 481. The Morgan fingerprint density at radius 1 is 1.27 bits per heavy atom. The SMILES string of the molecule is Nc1[nH]ncc1Nc1ccc(F)c(F)c1. The van der Waals surface area contributed by atoms with Crippen molar-refractivity contribution in [3.63, 3.8) is 0 Å². The van der Waals surface area contributed by atoms with E-state index >= 15 is 0 Å². The van der Waals surface area contributed by atoms with Crippen molar-refractivity contribution in [2.75, 3.05) is 11.1 Å². The smallest absolute Gasteiger partial charge is 0.160 e. The molecule has 1 heterocycles. The minimum absolute atomic E-state index is 0.333. The van der Waals surface area contributed by atoms with Crippen LogP contribution in [0.2, 0.25) is 0 Å². The fourth-order valence-corrected chi connectivity index (χ4v) is 1.13. The summed E-state index contributed by atoms with van der Waals surface area (Å²) in [5, 5.41) is 8.98. The Morgan fingerprint density at radius 2 is 2.07 bits per heavy atom. The summed E-state index contributed by atoms with van der Waals surface area (Å²) < 4.78 is 25.4. The van der Waals surface area contributed by atoms with Crippen LogP contribution in [0.25, 0.3) is 0 Å². The molecule has 0 aliphatic heterocycles. The number of nitrogens with one attached hydrogen (secondary N) is 2. The van der Waals surface area contributed by atoms with Gasteiger partial charge in [-0.05, 0) is 12.1 Å². The van der Waals surface area contributed by atoms with Gasteiger partial charge >= 0.3 is 0 Å². The first-order valence-corrected chi connectivity index (χ1v) is 4.18. The largest absolute Gasteiger partial charge is 0.382 e. The van der Waals surface area contributed by atoms with Gasteiger partial charge in [0.1, 0.15) is 11.5 Å². The molecule has 0 atom stereocenters. The van der Waals surface area contributed by atoms with Crippen LogP contribution in [0.1, 0.15) is 0 Å². The molecule has 1 aromatic carbocycles. The molecule has 0 unspecified atom stereocenters. The third kappa shape index (κ3) is 1.88. The predicted molar refractivity (Wildman–Crippen MR) is 52.6 cm³/mol. The number of halogens is 2. The quantitative estimate of drug-likeness (QED) is 0.710. The number of nitrogen functional groups attached to an aromatic ring is 1. The molecule has 0 amide bonds. The van der Waals surface area contributed by atoms with Crippen LogP contribution in [0.4, 0.5) is 26.0 Å². The second-order valence-corrected chi connectivity index (χ2v) is 2.95. The van der Waals surface area contributed by atoms with Gasteiger partial charge in [0, 0.05) is 11.8 Å². The number of benzene rings is 1. The molecule has 4 N–H and O–H groups in total. The number of rotatable bonds is 2. The van der Waals surface area contributed by atoms with Crippen LogP contribution in [0, 0.1) is 11.6 Å². The summed E-state index contributed by atoms with van der Waals surface area (Å²) in [5.41, 5.74) is 6.43. The molecule has 2 rings (SSSR count). The zero-order chi connectivity index (χ0) is 10.8. The molecule has 0 saturated carbocycles. The summed E-state index contributed by atoms with van der Waals surface area (Å²) >= 11 is 0. The zero-order valence-electron chi connectivity index (χ0n) is 7.59. The molecule has 1 aromatic heterocycles. The summed E-state index contributed by atoms with van der Waals surface area (Å²) in [4.78, 5) is 0. The van der Waals surface area contributed by atoms with Crippen LogP contribution in [0.3, 0.4) is 0 Å². The molecule has 0 spiro atoms. The van der Waals surface area contributed by atoms with Crippen molar-refractivity contribution in [2.45, 2.75) is 0 Å². The number of nitrogens with two attached hydrogens (primary N) is 1. The van der Waals surface area contributed by atoms with Crippen molar-refractivity contribution in [1.82, 2.24) is 10.2 Å². The van der Waals surface area contributed by atoms with E-state index in [0.717, 1.165) is 12.1 Å². The van der Waals surface area contributed by atoms with E-state index < -0.39 is 11.6 Å². The summed E-state index contributed by atoms with van der Waals surface area (Å²) in [6.45, 7) is 0. The van der Waals surface area contributed by atoms with E-state index in [4.69, 9.17) is 5.73 Å². The second kappa shape index (κ2) is 3.56. The van der Waals surface area contributed by atoms with Gasteiger partial charge in [-0.1, -0.05) is 0 Å². The lowest BCUT2D eigenvalue weighted by Gasteiger charge is -2.04. The Hall–Kier alpha value is -2.11. The van der Waals surface area contributed by atoms with Gasteiger partial charge in [-0.2, -0.15) is 5.10 Å². The van der Waals surface area contributed by atoms with Crippen molar-refractivity contribution < 1.29 is 8.78 Å². The molecule has 0 aliphatic rings. The predicted octanol–water partition coefficient (Wildman–Crippen LogP) is 2.01. The normalized spacial score (nSPS) is 10.3. The molecule has 2 aromatic rings. The molecule has 0 aliphatic carbocycles. The maximum absolute atomic E-state index is 12.8. The lowest BCUT2D eigenvalue weighted by atomic mass is 10.3. The van der Waals surface area contributed by atoms with Crippen molar-refractivity contribution >= 4 is 17.2 Å². The first-order valence-electron chi connectivity index (χ1n) is 4.18. The van der Waals surface area contributed by atoms with Gasteiger partial charge in [0.25, 0.3) is 0 Å². The summed E-state index contributed by atoms with van der Waals surface area (Å²) in [5.74, 6) is -1.47. The highest BCUT2D eigenvalue weighted by molar-refractivity contribution is 5.68. The van der Waals surface area contributed by atoms with Crippen LogP contribution in [-0.2, 0) is 0 Å². The summed E-state index contributed by atoms with van der Waals surface area (Å²) in [6, 6.07) is 3.49. The van der Waals surface area contributed by atoms with E-state index in [0.29, 0.717) is 17.2 Å². The van der Waals surface area contributed by atoms with Crippen LogP contribution in [0.15, 0.2) is 24.4 Å². The van der Waals surface area contributed by atoms with Crippen molar-refractivity contribution in [3.8, 4) is 0 Å². The minimum atomic E-state index is -0.915. The Kier molecular flexibility index (Phi) is 2.24. The van der Waals surface area contributed by atoms with E-state index in [9.17, 15) is 8.78 Å². The lowest BCUT2D eigenvalue weighted by Crippen LogP contribution is -1.95. The molecule has 0 radical (unpaired) electrons. The van der Waals surface area contributed by atoms with Crippen LogP contribution in [0.5, 0.6) is 0 Å². The first-order chi connectivity index (χ1) is 7.16. The van der Waals surface area contributed by atoms with E-state index in [-0.39, 0.29) is 0 Å². The highest BCUT2D eigenvalue weighted by Gasteiger charge is 2.05. The van der Waals surface area contributed by atoms with Crippen LogP contribution >= 0.6 is 0 Å². The molecular formula is C9H8F2N4. The topological polar surface area (TPSA) is 66.7 Å². The Labute approximate surface area is 84.1 Å². The number of hydrogen-bond acceptors (Lipinski definition) is 3. The third-order valence-corrected chi connectivity index (χ3v) is 1.87. The van der Waals surface area contributed by atoms with Gasteiger partial charge in [0.15, 0.2) is 11.6 Å². The van der Waals surface area contributed by atoms with E-state index in [1.165, 1.54) is 12.3 Å². The average Bonchev–Trinajstić information content (AvgIpc) is 2.59. The number of aromatic amines is 1. The third-order valence-electron chi connectivity index (χ3n) is 1.87. The van der Waals surface area contributed by atoms with Crippen molar-refractivity contribution in [1.29, 1.82) is 0 Å². The van der Waals surface area contributed by atoms with Crippen molar-refractivity contribution in [2.24, 2.45) is 0 Å². The molecule has 0 saturated heterocycles. The molecule has 0 fully saturated rings. The Morgan fingerprint density at radius 3 is 2.67 bits per heavy atom. The standard InChI is InChI=1S/C9H8F2N4/c10-6-2-1-5(3-7(6)11)14-8-4-13-15-9(8)12/h1-4,14H,(H3,12,13,15). The zero-order valence-corrected chi connectivity index (χ0v) is 7.59. The highest BCUT2D eigenvalue weighted by atomic mass is 19.2. The molecule has 6 heteroatoms. The van der Waals surface area contributed by atoms with Crippen LogP contribution in [-0.4, -0.2) is 10.2 Å². The fraction of sp³-hybridized carbons (Fsp3) is 0. The molecule has 78 valence electrons. The number of H-pyrrole nitrogens is 1. The maximum atomic E-state index is 12.8. The van der Waals surface area contributed by atoms with E-state index in [2.05, 4.69) is 15.5 Å². The van der Waals surface area contributed by atoms with Crippen molar-refractivity contribution in [3.05, 3.63) is 36.0 Å². The molecular weight excluding hydrogens is 202 g/mol. The highest BCUT2D eigenvalue weighted by Crippen LogP contribution is 2.21. The van der Waals surface area contributed by atoms with Gasteiger partial charge < -0.3 is 11.1 Å². The first kappa shape index (κ1) is 9.45. The average molecular weight is 210 g/mol. The Balaban J connectivity index is 2.25. The monoisotopic (exact) mass is 210 g/mol. The minimum Gasteiger partial charge on any atom is -0.382 e. The molecule has 0 bridgehead atoms. The maximum Gasteiger partial charge on any atom is 0.160 e. The van der Waals surface area contributed by atoms with Gasteiger partial charge in [0.2, 0.25) is 0 Å².